The summed E-state index contributed by atoms with van der Waals surface area (Å²) in [5.74, 6) is 0.158. The fourth-order valence-corrected chi connectivity index (χ4v) is 1.47. The van der Waals surface area contributed by atoms with Crippen LogP contribution in [-0.4, -0.2) is 19.2 Å². The van der Waals surface area contributed by atoms with Crippen molar-refractivity contribution in [1.82, 2.24) is 0 Å². The molecule has 0 amide bonds. The van der Waals surface area contributed by atoms with Gasteiger partial charge < -0.3 is 9.47 Å². The van der Waals surface area contributed by atoms with Crippen molar-refractivity contribution in [2.45, 2.75) is 20.0 Å². The molecule has 0 fully saturated rings. The van der Waals surface area contributed by atoms with Crippen molar-refractivity contribution in [3.8, 4) is 5.75 Å². The average Bonchev–Trinajstić information content (AvgIpc) is 2.14. The lowest BCUT2D eigenvalue weighted by molar-refractivity contribution is -0.147. The maximum atomic E-state index is 11.1. The van der Waals surface area contributed by atoms with Gasteiger partial charge in [-0.2, -0.15) is 0 Å². The molecule has 0 aliphatic heterocycles. The van der Waals surface area contributed by atoms with E-state index in [0.717, 1.165) is 5.56 Å². The maximum absolute atomic E-state index is 11.1. The largest absolute Gasteiger partial charge is 0.479 e. The van der Waals surface area contributed by atoms with Gasteiger partial charge >= 0.3 is 5.97 Å². The Kier molecular flexibility index (Phi) is 3.97. The van der Waals surface area contributed by atoms with Gasteiger partial charge in [-0.3, -0.25) is 0 Å². The Hall–Kier alpha value is -1.22. The van der Waals surface area contributed by atoms with E-state index in [-0.39, 0.29) is 0 Å². The van der Waals surface area contributed by atoms with E-state index in [1.807, 2.05) is 19.1 Å². The minimum atomic E-state index is -0.632. The number of hydrogen-bond acceptors (Lipinski definition) is 3. The summed E-state index contributed by atoms with van der Waals surface area (Å²) < 4.78 is 9.92. The first kappa shape index (κ1) is 11.9. The quantitative estimate of drug-likeness (QED) is 0.746. The van der Waals surface area contributed by atoms with Crippen molar-refractivity contribution in [3.05, 3.63) is 28.8 Å². The summed E-state index contributed by atoms with van der Waals surface area (Å²) >= 11 is 5.85. The number of esters is 1. The van der Waals surface area contributed by atoms with E-state index in [4.69, 9.17) is 16.3 Å². The predicted molar refractivity (Wildman–Crippen MR) is 58.3 cm³/mol. The number of rotatable bonds is 3. The van der Waals surface area contributed by atoms with E-state index in [1.54, 1.807) is 13.0 Å². The molecule has 3 nitrogen and oxygen atoms in total. The van der Waals surface area contributed by atoms with Crippen LogP contribution in [-0.2, 0) is 9.53 Å². The normalized spacial score (nSPS) is 12.0. The first-order valence-electron chi connectivity index (χ1n) is 4.54. The van der Waals surface area contributed by atoms with E-state index in [9.17, 15) is 4.79 Å². The lowest BCUT2D eigenvalue weighted by Gasteiger charge is -2.12. The topological polar surface area (TPSA) is 35.5 Å². The predicted octanol–water partition coefficient (Wildman–Crippen LogP) is 2.59. The number of carbonyl (C=O) groups excluding carboxylic acids is 1. The lowest BCUT2D eigenvalue weighted by Crippen LogP contribution is -2.24. The summed E-state index contributed by atoms with van der Waals surface area (Å²) in [6.45, 7) is 3.53. The highest BCUT2D eigenvalue weighted by Gasteiger charge is 2.14. The second kappa shape index (κ2) is 5.03. The monoisotopic (exact) mass is 228 g/mol. The highest BCUT2D eigenvalue weighted by molar-refractivity contribution is 6.30. The Labute approximate surface area is 93.9 Å². The lowest BCUT2D eigenvalue weighted by atomic mass is 10.2. The molecular formula is C11H13ClO3. The van der Waals surface area contributed by atoms with Crippen LogP contribution in [0.4, 0.5) is 0 Å². The first-order valence-corrected chi connectivity index (χ1v) is 4.92. The minimum Gasteiger partial charge on any atom is -0.479 e. The molecule has 1 rings (SSSR count). The minimum absolute atomic E-state index is 0.410. The van der Waals surface area contributed by atoms with Crippen molar-refractivity contribution >= 4 is 17.6 Å². The van der Waals surface area contributed by atoms with Gasteiger partial charge in [-0.25, -0.2) is 4.79 Å². The third-order valence-corrected chi connectivity index (χ3v) is 2.08. The van der Waals surface area contributed by atoms with Crippen LogP contribution in [0.2, 0.25) is 5.02 Å². The van der Waals surface area contributed by atoms with Crippen LogP contribution in [0.5, 0.6) is 5.75 Å². The van der Waals surface area contributed by atoms with Crippen LogP contribution in [0.25, 0.3) is 0 Å². The maximum Gasteiger partial charge on any atom is 0.346 e. The molecule has 0 saturated heterocycles. The number of hydrogen-bond donors (Lipinski definition) is 0. The smallest absolute Gasteiger partial charge is 0.346 e. The molecule has 0 radical (unpaired) electrons. The summed E-state index contributed by atoms with van der Waals surface area (Å²) in [5.41, 5.74) is 0.981. The van der Waals surface area contributed by atoms with Gasteiger partial charge in [-0.15, -0.1) is 0 Å². The molecule has 0 aliphatic rings. The Morgan fingerprint density at radius 1 is 1.40 bits per heavy atom. The van der Waals surface area contributed by atoms with Crippen LogP contribution >= 0.6 is 11.6 Å². The Bertz CT molecular complexity index is 343. The molecule has 0 heterocycles. The molecule has 82 valence electrons. The van der Waals surface area contributed by atoms with Gasteiger partial charge in [0.1, 0.15) is 5.75 Å². The molecule has 0 aromatic heterocycles. The molecule has 0 aliphatic carbocycles. The number of benzene rings is 1. The highest BCUT2D eigenvalue weighted by Crippen LogP contribution is 2.21. The zero-order valence-electron chi connectivity index (χ0n) is 8.91. The molecule has 0 bridgehead atoms. The molecule has 0 N–H and O–H groups in total. The van der Waals surface area contributed by atoms with Gasteiger partial charge in [0.2, 0.25) is 0 Å². The third-order valence-electron chi connectivity index (χ3n) is 1.86. The number of methoxy groups -OCH3 is 1. The molecule has 0 spiro atoms. The molecule has 1 aromatic carbocycles. The number of ether oxygens (including phenoxy) is 2. The van der Waals surface area contributed by atoms with Crippen LogP contribution in [0, 0.1) is 6.92 Å². The molecule has 15 heavy (non-hydrogen) atoms. The summed E-state index contributed by atoms with van der Waals surface area (Å²) in [6, 6.07) is 5.29. The second-order valence-corrected chi connectivity index (χ2v) is 3.68. The number of aryl methyl sites for hydroxylation is 1. The molecule has 1 atom stereocenters. The van der Waals surface area contributed by atoms with Crippen molar-refractivity contribution < 1.29 is 14.3 Å². The van der Waals surface area contributed by atoms with Gasteiger partial charge in [0.15, 0.2) is 6.10 Å². The van der Waals surface area contributed by atoms with Crippen LogP contribution in [0.1, 0.15) is 12.5 Å². The summed E-state index contributed by atoms with van der Waals surface area (Å²) in [6.07, 6.45) is -0.632. The van der Waals surface area contributed by atoms with Crippen molar-refractivity contribution in [1.29, 1.82) is 0 Å². The van der Waals surface area contributed by atoms with Gasteiger partial charge in [0.05, 0.1) is 7.11 Å². The van der Waals surface area contributed by atoms with E-state index >= 15 is 0 Å². The van der Waals surface area contributed by atoms with E-state index in [1.165, 1.54) is 7.11 Å². The molecule has 1 aromatic rings. The van der Waals surface area contributed by atoms with Gasteiger partial charge in [0, 0.05) is 5.02 Å². The van der Waals surface area contributed by atoms with Crippen molar-refractivity contribution in [2.75, 3.05) is 7.11 Å². The van der Waals surface area contributed by atoms with Crippen molar-refractivity contribution in [2.24, 2.45) is 0 Å². The van der Waals surface area contributed by atoms with Crippen LogP contribution < -0.4 is 4.74 Å². The fraction of sp³-hybridized carbons (Fsp3) is 0.364. The third kappa shape index (κ3) is 3.44. The second-order valence-electron chi connectivity index (χ2n) is 3.25. The Morgan fingerprint density at radius 2 is 2.07 bits per heavy atom. The molecule has 0 unspecified atom stereocenters. The Morgan fingerprint density at radius 3 is 2.60 bits per heavy atom. The summed E-state index contributed by atoms with van der Waals surface area (Å²) in [4.78, 5) is 11.1. The van der Waals surface area contributed by atoms with E-state index in [0.29, 0.717) is 10.8 Å². The fourth-order valence-electron chi connectivity index (χ4n) is 1.19. The van der Waals surface area contributed by atoms with Gasteiger partial charge in [-0.1, -0.05) is 11.6 Å². The number of carbonyl (C=O) groups is 1. The first-order chi connectivity index (χ1) is 7.02. The average molecular weight is 229 g/mol. The van der Waals surface area contributed by atoms with Gasteiger partial charge in [-0.05, 0) is 37.6 Å². The summed E-state index contributed by atoms with van der Waals surface area (Å²) in [7, 11) is 1.32. The van der Waals surface area contributed by atoms with E-state index in [2.05, 4.69) is 4.74 Å². The van der Waals surface area contributed by atoms with E-state index < -0.39 is 12.1 Å². The van der Waals surface area contributed by atoms with Crippen LogP contribution in [0.3, 0.4) is 0 Å². The SMILES string of the molecule is COC(=O)[C@H](C)Oc1cc(C)cc(Cl)c1. The Balaban J connectivity index is 2.76. The molecule has 0 saturated carbocycles. The molecule has 4 heteroatoms. The highest BCUT2D eigenvalue weighted by atomic mass is 35.5. The zero-order valence-corrected chi connectivity index (χ0v) is 9.67. The summed E-state index contributed by atoms with van der Waals surface area (Å²) in [5, 5.41) is 0.585. The molecular weight excluding hydrogens is 216 g/mol. The van der Waals surface area contributed by atoms with Crippen molar-refractivity contribution in [3.63, 3.8) is 0 Å². The van der Waals surface area contributed by atoms with Gasteiger partial charge in [0.25, 0.3) is 0 Å². The zero-order chi connectivity index (χ0) is 11.4. The van der Waals surface area contributed by atoms with Crippen LogP contribution in [0.15, 0.2) is 18.2 Å². The number of halogens is 1. The standard InChI is InChI=1S/C11H13ClO3/c1-7-4-9(12)6-10(5-7)15-8(2)11(13)14-3/h4-6,8H,1-3H3/t8-/m0/s1.